The van der Waals surface area contributed by atoms with Crippen molar-refractivity contribution < 1.29 is 14.3 Å². The van der Waals surface area contributed by atoms with Gasteiger partial charge in [0.05, 0.1) is 0 Å². The van der Waals surface area contributed by atoms with E-state index in [0.717, 1.165) is 5.56 Å². The second-order valence-corrected chi connectivity index (χ2v) is 4.36. The Morgan fingerprint density at radius 1 is 1.28 bits per heavy atom. The van der Waals surface area contributed by atoms with E-state index in [2.05, 4.69) is 0 Å². The topological polar surface area (TPSA) is 76.5 Å². The van der Waals surface area contributed by atoms with Crippen molar-refractivity contribution >= 4 is 17.6 Å². The number of halogens is 1. The lowest BCUT2D eigenvalue weighted by Crippen LogP contribution is -2.32. The van der Waals surface area contributed by atoms with E-state index in [-0.39, 0.29) is 6.42 Å². The summed E-state index contributed by atoms with van der Waals surface area (Å²) in [6, 6.07) is 9.77. The Balaban J connectivity index is 2.15. The first-order valence-electron chi connectivity index (χ1n) is 5.39. The molecule has 0 radical (unpaired) electrons. The van der Waals surface area contributed by atoms with Crippen molar-refractivity contribution in [2.75, 3.05) is 0 Å². The standard InChI is InChI=1S/C13H12ClNO3/c14-9-3-1-8(2-4-9)12-6-5-10(18-12)7-11(15)13(16)17/h1-6,11H,7,15H2,(H,16,17)/t11-/m0/s1. The summed E-state index contributed by atoms with van der Waals surface area (Å²) in [5, 5.41) is 9.37. The van der Waals surface area contributed by atoms with Gasteiger partial charge in [0.1, 0.15) is 17.6 Å². The second-order valence-electron chi connectivity index (χ2n) is 3.92. The highest BCUT2D eigenvalue weighted by molar-refractivity contribution is 6.30. The second kappa shape index (κ2) is 5.25. The van der Waals surface area contributed by atoms with Crippen LogP contribution in [0, 0.1) is 0 Å². The molecule has 2 aromatic rings. The molecule has 0 bridgehead atoms. The molecular weight excluding hydrogens is 254 g/mol. The third-order valence-electron chi connectivity index (χ3n) is 2.53. The number of hydrogen-bond acceptors (Lipinski definition) is 3. The molecular formula is C13H12ClNO3. The van der Waals surface area contributed by atoms with Crippen LogP contribution < -0.4 is 5.73 Å². The zero-order chi connectivity index (χ0) is 13.1. The van der Waals surface area contributed by atoms with Gasteiger partial charge in [-0.3, -0.25) is 4.79 Å². The van der Waals surface area contributed by atoms with E-state index in [1.165, 1.54) is 0 Å². The van der Waals surface area contributed by atoms with E-state index >= 15 is 0 Å². The average Bonchev–Trinajstić information content (AvgIpc) is 2.78. The van der Waals surface area contributed by atoms with Crippen LogP contribution in [0.2, 0.25) is 5.02 Å². The van der Waals surface area contributed by atoms with Crippen LogP contribution in [0.15, 0.2) is 40.8 Å². The minimum Gasteiger partial charge on any atom is -0.480 e. The number of carboxylic acid groups (broad SMARTS) is 1. The summed E-state index contributed by atoms with van der Waals surface area (Å²) in [5.74, 6) is 0.175. The number of rotatable bonds is 4. The summed E-state index contributed by atoms with van der Waals surface area (Å²) < 4.78 is 5.54. The summed E-state index contributed by atoms with van der Waals surface area (Å²) in [6.45, 7) is 0. The summed E-state index contributed by atoms with van der Waals surface area (Å²) in [6.07, 6.45) is 0.170. The highest BCUT2D eigenvalue weighted by Crippen LogP contribution is 2.24. The van der Waals surface area contributed by atoms with Crippen LogP contribution in [-0.4, -0.2) is 17.1 Å². The van der Waals surface area contributed by atoms with Gasteiger partial charge in [0, 0.05) is 17.0 Å². The lowest BCUT2D eigenvalue weighted by atomic mass is 10.2. The fourth-order valence-corrected chi connectivity index (χ4v) is 1.69. The van der Waals surface area contributed by atoms with Gasteiger partial charge in [-0.15, -0.1) is 0 Å². The molecule has 0 amide bonds. The minimum atomic E-state index is -1.04. The molecule has 0 aliphatic rings. The Morgan fingerprint density at radius 2 is 1.94 bits per heavy atom. The molecule has 94 valence electrons. The molecule has 1 aromatic heterocycles. The van der Waals surface area contributed by atoms with E-state index in [0.29, 0.717) is 16.5 Å². The molecule has 2 rings (SSSR count). The number of carbonyl (C=O) groups is 1. The molecule has 0 unspecified atom stereocenters. The number of furan rings is 1. The molecule has 1 heterocycles. The summed E-state index contributed by atoms with van der Waals surface area (Å²) in [4.78, 5) is 10.6. The van der Waals surface area contributed by atoms with Crippen molar-refractivity contribution in [1.29, 1.82) is 0 Å². The van der Waals surface area contributed by atoms with E-state index in [1.807, 2.05) is 12.1 Å². The van der Waals surface area contributed by atoms with Crippen LogP contribution in [0.4, 0.5) is 0 Å². The van der Waals surface area contributed by atoms with Gasteiger partial charge in [-0.2, -0.15) is 0 Å². The number of hydrogen-bond donors (Lipinski definition) is 2. The van der Waals surface area contributed by atoms with E-state index in [4.69, 9.17) is 26.9 Å². The van der Waals surface area contributed by atoms with Crippen molar-refractivity contribution in [2.45, 2.75) is 12.5 Å². The number of carboxylic acids is 1. The van der Waals surface area contributed by atoms with Crippen molar-refractivity contribution in [2.24, 2.45) is 5.73 Å². The van der Waals surface area contributed by atoms with Crippen molar-refractivity contribution in [3.8, 4) is 11.3 Å². The Hall–Kier alpha value is -1.78. The maximum atomic E-state index is 10.6. The molecule has 0 saturated carbocycles. The van der Waals surface area contributed by atoms with Gasteiger partial charge >= 0.3 is 5.97 Å². The van der Waals surface area contributed by atoms with Crippen LogP contribution in [-0.2, 0) is 11.2 Å². The lowest BCUT2D eigenvalue weighted by molar-refractivity contribution is -0.138. The van der Waals surface area contributed by atoms with Gasteiger partial charge in [-0.05, 0) is 36.4 Å². The quantitative estimate of drug-likeness (QED) is 0.891. The predicted molar refractivity (Wildman–Crippen MR) is 68.5 cm³/mol. The molecule has 0 fully saturated rings. The fourth-order valence-electron chi connectivity index (χ4n) is 1.56. The number of aliphatic carboxylic acids is 1. The Bertz CT molecular complexity index is 548. The predicted octanol–water partition coefficient (Wildman–Crippen LogP) is 2.55. The number of nitrogens with two attached hydrogens (primary N) is 1. The zero-order valence-corrected chi connectivity index (χ0v) is 10.2. The molecule has 4 nitrogen and oxygen atoms in total. The number of benzene rings is 1. The average molecular weight is 266 g/mol. The van der Waals surface area contributed by atoms with Crippen molar-refractivity contribution in [3.63, 3.8) is 0 Å². The highest BCUT2D eigenvalue weighted by atomic mass is 35.5. The molecule has 0 aliphatic heterocycles. The van der Waals surface area contributed by atoms with E-state index in [9.17, 15) is 4.79 Å². The van der Waals surface area contributed by atoms with Gasteiger partial charge in [-0.1, -0.05) is 11.6 Å². The molecule has 3 N–H and O–H groups in total. The first kappa shape index (κ1) is 12.7. The van der Waals surface area contributed by atoms with E-state index < -0.39 is 12.0 Å². The first-order valence-corrected chi connectivity index (χ1v) is 5.77. The first-order chi connectivity index (χ1) is 8.56. The largest absolute Gasteiger partial charge is 0.480 e. The van der Waals surface area contributed by atoms with Crippen LogP contribution >= 0.6 is 11.6 Å². The molecule has 1 aromatic carbocycles. The van der Waals surface area contributed by atoms with E-state index in [1.54, 1.807) is 24.3 Å². The highest BCUT2D eigenvalue weighted by Gasteiger charge is 2.14. The maximum absolute atomic E-state index is 10.6. The van der Waals surface area contributed by atoms with Gasteiger partial charge in [0.15, 0.2) is 0 Å². The minimum absolute atomic E-state index is 0.170. The van der Waals surface area contributed by atoms with Gasteiger partial charge in [-0.25, -0.2) is 0 Å². The normalized spacial score (nSPS) is 12.3. The molecule has 0 saturated heterocycles. The Labute approximate surface area is 109 Å². The summed E-state index contributed by atoms with van der Waals surface area (Å²) in [7, 11) is 0. The van der Waals surface area contributed by atoms with Crippen LogP contribution in [0.1, 0.15) is 5.76 Å². The smallest absolute Gasteiger partial charge is 0.320 e. The van der Waals surface area contributed by atoms with Gasteiger partial charge in [0.25, 0.3) is 0 Å². The molecule has 5 heteroatoms. The van der Waals surface area contributed by atoms with Crippen LogP contribution in [0.5, 0.6) is 0 Å². The summed E-state index contributed by atoms with van der Waals surface area (Å²) in [5.41, 5.74) is 6.32. The third-order valence-corrected chi connectivity index (χ3v) is 2.78. The lowest BCUT2D eigenvalue weighted by Gasteiger charge is -2.03. The Morgan fingerprint density at radius 3 is 2.56 bits per heavy atom. The van der Waals surface area contributed by atoms with Crippen LogP contribution in [0.25, 0.3) is 11.3 Å². The molecule has 1 atom stereocenters. The third kappa shape index (κ3) is 2.91. The fraction of sp³-hybridized carbons (Fsp3) is 0.154. The monoisotopic (exact) mass is 265 g/mol. The van der Waals surface area contributed by atoms with Crippen LogP contribution in [0.3, 0.4) is 0 Å². The molecule has 0 aliphatic carbocycles. The Kier molecular flexibility index (Phi) is 3.69. The zero-order valence-electron chi connectivity index (χ0n) is 9.47. The van der Waals surface area contributed by atoms with Crippen molar-refractivity contribution in [3.05, 3.63) is 47.2 Å². The van der Waals surface area contributed by atoms with Crippen molar-refractivity contribution in [1.82, 2.24) is 0 Å². The molecule has 18 heavy (non-hydrogen) atoms. The molecule has 0 spiro atoms. The SMILES string of the molecule is N[C@@H](Cc1ccc(-c2ccc(Cl)cc2)o1)C(=O)O. The summed E-state index contributed by atoms with van der Waals surface area (Å²) >= 11 is 5.80. The maximum Gasteiger partial charge on any atom is 0.320 e. The van der Waals surface area contributed by atoms with Gasteiger partial charge < -0.3 is 15.3 Å². The van der Waals surface area contributed by atoms with Gasteiger partial charge in [0.2, 0.25) is 0 Å².